The van der Waals surface area contributed by atoms with Gasteiger partial charge in [-0.15, -0.1) is 0 Å². The van der Waals surface area contributed by atoms with E-state index in [1.165, 1.54) is 0 Å². The Bertz CT molecular complexity index is 472. The van der Waals surface area contributed by atoms with Gasteiger partial charge in [-0.05, 0) is 31.5 Å². The minimum absolute atomic E-state index is 0.0698. The van der Waals surface area contributed by atoms with Crippen LogP contribution in [0.25, 0.3) is 0 Å². The van der Waals surface area contributed by atoms with E-state index in [0.29, 0.717) is 6.54 Å². The Hall–Kier alpha value is -1.26. The van der Waals surface area contributed by atoms with Crippen molar-refractivity contribution in [2.75, 3.05) is 37.6 Å². The van der Waals surface area contributed by atoms with Crippen LogP contribution in [0.3, 0.4) is 0 Å². The summed E-state index contributed by atoms with van der Waals surface area (Å²) in [6.45, 7) is 5.84. The first-order valence-corrected chi connectivity index (χ1v) is 7.99. The van der Waals surface area contributed by atoms with Crippen molar-refractivity contribution in [3.05, 3.63) is 29.3 Å². The third-order valence-electron chi connectivity index (χ3n) is 4.05. The zero-order valence-corrected chi connectivity index (χ0v) is 13.4. The van der Waals surface area contributed by atoms with Gasteiger partial charge in [-0.2, -0.15) is 0 Å². The van der Waals surface area contributed by atoms with Crippen LogP contribution in [-0.2, 0) is 4.79 Å². The standard InChI is InChI=1S/C16H24ClN3O/c1-13(5-4-8-18)16(21)20-11-9-19(10-12-20)15-7-3-2-6-14(15)17/h2-3,6-7,13H,4-5,8-12,18H2,1H3. The van der Waals surface area contributed by atoms with Crippen molar-refractivity contribution in [3.8, 4) is 0 Å². The third kappa shape index (κ3) is 4.11. The van der Waals surface area contributed by atoms with E-state index in [1.54, 1.807) is 0 Å². The highest BCUT2D eigenvalue weighted by atomic mass is 35.5. The van der Waals surface area contributed by atoms with Gasteiger partial charge in [0.15, 0.2) is 0 Å². The average molecular weight is 310 g/mol. The lowest BCUT2D eigenvalue weighted by atomic mass is 10.0. The lowest BCUT2D eigenvalue weighted by Crippen LogP contribution is -2.50. The van der Waals surface area contributed by atoms with Crippen LogP contribution >= 0.6 is 11.6 Å². The summed E-state index contributed by atoms with van der Waals surface area (Å²) < 4.78 is 0. The summed E-state index contributed by atoms with van der Waals surface area (Å²) in [5.41, 5.74) is 6.57. The Morgan fingerprint density at radius 1 is 1.29 bits per heavy atom. The first kappa shape index (κ1) is 16.1. The number of piperazine rings is 1. The second-order valence-electron chi connectivity index (χ2n) is 5.60. The first-order valence-electron chi connectivity index (χ1n) is 7.62. The van der Waals surface area contributed by atoms with Gasteiger partial charge in [-0.25, -0.2) is 0 Å². The number of hydrogen-bond donors (Lipinski definition) is 1. The fraction of sp³-hybridized carbons (Fsp3) is 0.562. The average Bonchev–Trinajstić information content (AvgIpc) is 2.52. The van der Waals surface area contributed by atoms with E-state index >= 15 is 0 Å². The maximum Gasteiger partial charge on any atom is 0.225 e. The molecule has 1 amide bonds. The Balaban J connectivity index is 1.88. The zero-order chi connectivity index (χ0) is 15.2. The Labute approximate surface area is 131 Å². The zero-order valence-electron chi connectivity index (χ0n) is 12.6. The van der Waals surface area contributed by atoms with E-state index in [9.17, 15) is 4.79 Å². The van der Waals surface area contributed by atoms with Gasteiger partial charge in [0.25, 0.3) is 0 Å². The highest BCUT2D eigenvalue weighted by molar-refractivity contribution is 6.33. The third-order valence-corrected chi connectivity index (χ3v) is 4.37. The molecule has 21 heavy (non-hydrogen) atoms. The minimum Gasteiger partial charge on any atom is -0.367 e. The van der Waals surface area contributed by atoms with Gasteiger partial charge in [-0.1, -0.05) is 30.7 Å². The molecule has 1 aliphatic heterocycles. The fourth-order valence-electron chi connectivity index (χ4n) is 2.74. The van der Waals surface area contributed by atoms with E-state index in [0.717, 1.165) is 49.7 Å². The molecule has 1 aliphatic rings. The fourth-order valence-corrected chi connectivity index (χ4v) is 2.99. The van der Waals surface area contributed by atoms with Gasteiger partial charge in [0.2, 0.25) is 5.91 Å². The van der Waals surface area contributed by atoms with Crippen LogP contribution in [0.4, 0.5) is 5.69 Å². The molecule has 0 aliphatic carbocycles. The molecule has 1 atom stereocenters. The van der Waals surface area contributed by atoms with E-state index in [1.807, 2.05) is 36.1 Å². The molecule has 1 saturated heterocycles. The number of rotatable bonds is 5. The van der Waals surface area contributed by atoms with Crippen molar-refractivity contribution in [2.45, 2.75) is 19.8 Å². The molecule has 116 valence electrons. The van der Waals surface area contributed by atoms with Gasteiger partial charge in [0.1, 0.15) is 0 Å². The van der Waals surface area contributed by atoms with Crippen molar-refractivity contribution in [2.24, 2.45) is 11.7 Å². The highest BCUT2D eigenvalue weighted by Crippen LogP contribution is 2.26. The van der Waals surface area contributed by atoms with Crippen LogP contribution in [0.1, 0.15) is 19.8 Å². The molecule has 1 heterocycles. The molecular weight excluding hydrogens is 286 g/mol. The summed E-state index contributed by atoms with van der Waals surface area (Å²) in [7, 11) is 0. The van der Waals surface area contributed by atoms with Crippen LogP contribution in [0.2, 0.25) is 5.02 Å². The number of amides is 1. The lowest BCUT2D eigenvalue weighted by Gasteiger charge is -2.37. The largest absolute Gasteiger partial charge is 0.367 e. The number of anilines is 1. The SMILES string of the molecule is CC(CCCN)C(=O)N1CCN(c2ccccc2Cl)CC1. The summed E-state index contributed by atoms with van der Waals surface area (Å²) in [5, 5.41) is 0.772. The van der Waals surface area contributed by atoms with Gasteiger partial charge >= 0.3 is 0 Å². The molecule has 0 spiro atoms. The maximum atomic E-state index is 12.4. The molecule has 0 bridgehead atoms. The number of carbonyl (C=O) groups is 1. The van der Waals surface area contributed by atoms with Gasteiger partial charge in [-0.3, -0.25) is 4.79 Å². The molecule has 0 radical (unpaired) electrons. The number of para-hydroxylation sites is 1. The van der Waals surface area contributed by atoms with Crippen molar-refractivity contribution < 1.29 is 4.79 Å². The van der Waals surface area contributed by atoms with Crippen LogP contribution < -0.4 is 10.6 Å². The molecule has 4 nitrogen and oxygen atoms in total. The normalized spacial score (nSPS) is 16.9. The van der Waals surface area contributed by atoms with Crippen molar-refractivity contribution in [1.82, 2.24) is 4.90 Å². The summed E-state index contributed by atoms with van der Waals surface area (Å²) >= 11 is 6.23. The van der Waals surface area contributed by atoms with Gasteiger partial charge in [0, 0.05) is 32.1 Å². The number of hydrogen-bond acceptors (Lipinski definition) is 3. The van der Waals surface area contributed by atoms with E-state index in [-0.39, 0.29) is 11.8 Å². The van der Waals surface area contributed by atoms with Crippen LogP contribution in [0.5, 0.6) is 0 Å². The Kier molecular flexibility index (Phi) is 5.88. The predicted octanol–water partition coefficient (Wildman–Crippen LogP) is 2.36. The highest BCUT2D eigenvalue weighted by Gasteiger charge is 2.25. The van der Waals surface area contributed by atoms with E-state index < -0.39 is 0 Å². The van der Waals surface area contributed by atoms with Gasteiger partial charge in [0.05, 0.1) is 10.7 Å². The summed E-state index contributed by atoms with van der Waals surface area (Å²) in [6.07, 6.45) is 1.78. The topological polar surface area (TPSA) is 49.6 Å². The number of benzene rings is 1. The molecule has 2 rings (SSSR count). The number of halogens is 1. The quantitative estimate of drug-likeness (QED) is 0.908. The molecule has 1 aromatic rings. The summed E-state index contributed by atoms with van der Waals surface area (Å²) in [6, 6.07) is 7.87. The summed E-state index contributed by atoms with van der Waals surface area (Å²) in [4.78, 5) is 16.6. The molecule has 0 saturated carbocycles. The Morgan fingerprint density at radius 2 is 1.95 bits per heavy atom. The molecular formula is C16H24ClN3O. The van der Waals surface area contributed by atoms with E-state index in [4.69, 9.17) is 17.3 Å². The molecule has 1 fully saturated rings. The number of nitrogens with zero attached hydrogens (tertiary/aromatic N) is 2. The molecule has 2 N–H and O–H groups in total. The lowest BCUT2D eigenvalue weighted by molar-refractivity contribution is -0.135. The second kappa shape index (κ2) is 7.66. The van der Waals surface area contributed by atoms with Crippen molar-refractivity contribution in [1.29, 1.82) is 0 Å². The molecule has 5 heteroatoms. The molecule has 1 unspecified atom stereocenters. The minimum atomic E-state index is 0.0698. The van der Waals surface area contributed by atoms with Gasteiger partial charge < -0.3 is 15.5 Å². The van der Waals surface area contributed by atoms with Crippen LogP contribution in [0.15, 0.2) is 24.3 Å². The first-order chi connectivity index (χ1) is 10.1. The van der Waals surface area contributed by atoms with E-state index in [2.05, 4.69) is 4.90 Å². The Morgan fingerprint density at radius 3 is 2.57 bits per heavy atom. The number of carbonyl (C=O) groups excluding carboxylic acids is 1. The monoisotopic (exact) mass is 309 g/mol. The molecule has 0 aromatic heterocycles. The van der Waals surface area contributed by atoms with Crippen molar-refractivity contribution in [3.63, 3.8) is 0 Å². The number of nitrogens with two attached hydrogens (primary N) is 1. The van der Waals surface area contributed by atoms with Crippen LogP contribution in [-0.4, -0.2) is 43.5 Å². The van der Waals surface area contributed by atoms with Crippen LogP contribution in [0, 0.1) is 5.92 Å². The predicted molar refractivity (Wildman–Crippen MR) is 87.7 cm³/mol. The van der Waals surface area contributed by atoms with Crippen molar-refractivity contribution >= 4 is 23.2 Å². The second-order valence-corrected chi connectivity index (χ2v) is 6.00. The molecule has 1 aromatic carbocycles. The smallest absolute Gasteiger partial charge is 0.225 e. The summed E-state index contributed by atoms with van der Waals surface area (Å²) in [5.74, 6) is 0.322. The maximum absolute atomic E-state index is 12.4.